The summed E-state index contributed by atoms with van der Waals surface area (Å²) in [5.41, 5.74) is 0. The number of carbonyl (C=O) groups is 2. The highest BCUT2D eigenvalue weighted by molar-refractivity contribution is 7.11. The van der Waals surface area contributed by atoms with Crippen LogP contribution >= 0.6 is 11.3 Å². The Bertz CT molecular complexity index is 536. The molecule has 2 aliphatic rings. The lowest BCUT2D eigenvalue weighted by Gasteiger charge is -2.36. The van der Waals surface area contributed by atoms with E-state index < -0.39 is 0 Å². The number of thiophene rings is 1. The van der Waals surface area contributed by atoms with Gasteiger partial charge < -0.3 is 10.2 Å². The van der Waals surface area contributed by atoms with Crippen molar-refractivity contribution >= 4 is 23.2 Å². The smallest absolute Gasteiger partial charge is 0.246 e. The molecule has 4 nitrogen and oxygen atoms in total. The van der Waals surface area contributed by atoms with Gasteiger partial charge >= 0.3 is 0 Å². The van der Waals surface area contributed by atoms with Gasteiger partial charge in [-0.1, -0.05) is 0 Å². The third kappa shape index (κ3) is 2.73. The van der Waals surface area contributed by atoms with E-state index in [1.165, 1.54) is 9.75 Å². The molecule has 2 atom stereocenters. The van der Waals surface area contributed by atoms with Gasteiger partial charge in [-0.15, -0.1) is 11.3 Å². The molecule has 1 N–H and O–H groups in total. The largest absolute Gasteiger partial charge is 0.342 e. The Morgan fingerprint density at radius 3 is 2.75 bits per heavy atom. The first kappa shape index (κ1) is 13.6. The van der Waals surface area contributed by atoms with Gasteiger partial charge in [0.2, 0.25) is 11.8 Å². The van der Waals surface area contributed by atoms with Gasteiger partial charge in [-0.2, -0.15) is 0 Å². The van der Waals surface area contributed by atoms with Crippen LogP contribution in [0.5, 0.6) is 0 Å². The van der Waals surface area contributed by atoms with Crippen LogP contribution in [-0.2, 0) is 16.0 Å². The van der Waals surface area contributed by atoms with Crippen molar-refractivity contribution in [2.45, 2.75) is 45.2 Å². The summed E-state index contributed by atoms with van der Waals surface area (Å²) in [5, 5.41) is 2.85. The minimum absolute atomic E-state index is 0.0179. The fraction of sp³-hybridized carbons (Fsp3) is 0.600. The Morgan fingerprint density at radius 1 is 1.40 bits per heavy atom. The van der Waals surface area contributed by atoms with Gasteiger partial charge in [0, 0.05) is 22.2 Å². The predicted molar refractivity (Wildman–Crippen MR) is 78.6 cm³/mol. The van der Waals surface area contributed by atoms with Crippen LogP contribution in [0.1, 0.15) is 29.5 Å². The number of amides is 2. The van der Waals surface area contributed by atoms with Crippen LogP contribution < -0.4 is 5.32 Å². The number of hydrogen-bond acceptors (Lipinski definition) is 3. The topological polar surface area (TPSA) is 49.4 Å². The van der Waals surface area contributed by atoms with Gasteiger partial charge in [0.1, 0.15) is 6.04 Å². The van der Waals surface area contributed by atoms with Crippen LogP contribution in [0, 0.1) is 12.8 Å². The number of carbonyl (C=O) groups excluding carboxylic acids is 2. The number of aryl methyl sites for hydroxylation is 1. The number of hydrogen-bond donors (Lipinski definition) is 1. The molecule has 2 unspecified atom stereocenters. The average Bonchev–Trinajstić information content (AvgIpc) is 3.16. The first-order chi connectivity index (χ1) is 9.54. The van der Waals surface area contributed by atoms with Gasteiger partial charge in [0.05, 0.1) is 6.54 Å². The van der Waals surface area contributed by atoms with E-state index >= 15 is 0 Å². The van der Waals surface area contributed by atoms with E-state index in [1.54, 1.807) is 16.2 Å². The molecule has 1 aliphatic heterocycles. The highest BCUT2D eigenvalue weighted by Gasteiger charge is 2.43. The highest BCUT2D eigenvalue weighted by atomic mass is 32.1. The summed E-state index contributed by atoms with van der Waals surface area (Å²) < 4.78 is 0. The predicted octanol–water partition coefficient (Wildman–Crippen LogP) is 1.72. The van der Waals surface area contributed by atoms with Crippen molar-refractivity contribution in [1.29, 1.82) is 0 Å². The van der Waals surface area contributed by atoms with Gasteiger partial charge in [-0.25, -0.2) is 0 Å². The second-order valence-corrected chi connectivity index (χ2v) is 7.29. The lowest BCUT2D eigenvalue weighted by Crippen LogP contribution is -2.61. The van der Waals surface area contributed by atoms with E-state index in [0.717, 1.165) is 19.3 Å². The Kier molecular flexibility index (Phi) is 3.54. The molecule has 1 saturated heterocycles. The van der Waals surface area contributed by atoms with Crippen molar-refractivity contribution in [2.24, 2.45) is 5.92 Å². The maximum atomic E-state index is 12.5. The second-order valence-electron chi connectivity index (χ2n) is 5.91. The van der Waals surface area contributed by atoms with Crippen molar-refractivity contribution in [2.75, 3.05) is 6.54 Å². The van der Waals surface area contributed by atoms with Gasteiger partial charge in [-0.05, 0) is 44.7 Å². The minimum Gasteiger partial charge on any atom is -0.342 e. The molecule has 1 aliphatic carbocycles. The van der Waals surface area contributed by atoms with Crippen LogP contribution in [0.15, 0.2) is 12.1 Å². The average molecular weight is 292 g/mol. The fourth-order valence-electron chi connectivity index (χ4n) is 2.81. The van der Waals surface area contributed by atoms with E-state index in [-0.39, 0.29) is 30.4 Å². The van der Waals surface area contributed by atoms with Crippen molar-refractivity contribution in [1.82, 2.24) is 10.2 Å². The lowest BCUT2D eigenvalue weighted by molar-refractivity contribution is -0.146. The molecule has 0 radical (unpaired) electrons. The van der Waals surface area contributed by atoms with Crippen molar-refractivity contribution in [3.05, 3.63) is 21.9 Å². The minimum atomic E-state index is -0.274. The van der Waals surface area contributed by atoms with Crippen molar-refractivity contribution < 1.29 is 9.59 Å². The summed E-state index contributed by atoms with van der Waals surface area (Å²) in [6.07, 6.45) is 2.95. The van der Waals surface area contributed by atoms with Gasteiger partial charge in [-0.3, -0.25) is 9.59 Å². The molecular weight excluding hydrogens is 272 g/mol. The van der Waals surface area contributed by atoms with Crippen LogP contribution in [0.2, 0.25) is 0 Å². The molecule has 1 aromatic heterocycles. The highest BCUT2D eigenvalue weighted by Crippen LogP contribution is 2.34. The summed E-state index contributed by atoms with van der Waals surface area (Å²) in [5.74, 6) is 0.453. The lowest BCUT2D eigenvalue weighted by atomic mass is 10.0. The van der Waals surface area contributed by atoms with E-state index in [0.29, 0.717) is 5.92 Å². The molecule has 3 rings (SSSR count). The van der Waals surface area contributed by atoms with Crippen LogP contribution in [-0.4, -0.2) is 35.3 Å². The van der Waals surface area contributed by atoms with Gasteiger partial charge in [0.25, 0.3) is 0 Å². The Balaban J connectivity index is 1.70. The third-order valence-electron chi connectivity index (χ3n) is 4.10. The summed E-state index contributed by atoms with van der Waals surface area (Å²) in [7, 11) is 0. The molecule has 20 heavy (non-hydrogen) atoms. The molecule has 2 heterocycles. The number of rotatable bonds is 4. The van der Waals surface area contributed by atoms with E-state index in [1.807, 2.05) is 6.92 Å². The fourth-order valence-corrected chi connectivity index (χ4v) is 3.82. The van der Waals surface area contributed by atoms with E-state index in [9.17, 15) is 9.59 Å². The van der Waals surface area contributed by atoms with Crippen LogP contribution in [0.4, 0.5) is 0 Å². The van der Waals surface area contributed by atoms with Crippen molar-refractivity contribution in [3.8, 4) is 0 Å². The quantitative estimate of drug-likeness (QED) is 0.918. The summed E-state index contributed by atoms with van der Waals surface area (Å²) >= 11 is 1.76. The molecule has 0 aromatic carbocycles. The summed E-state index contributed by atoms with van der Waals surface area (Å²) in [6.45, 7) is 4.32. The zero-order chi connectivity index (χ0) is 14.3. The number of nitrogens with zero attached hydrogens (tertiary/aromatic N) is 1. The van der Waals surface area contributed by atoms with Crippen LogP contribution in [0.25, 0.3) is 0 Å². The molecule has 2 fully saturated rings. The first-order valence-electron chi connectivity index (χ1n) is 7.20. The molecule has 108 valence electrons. The monoisotopic (exact) mass is 292 g/mol. The maximum absolute atomic E-state index is 12.5. The molecular formula is C15H20N2O2S. The van der Waals surface area contributed by atoms with Crippen molar-refractivity contribution in [3.63, 3.8) is 0 Å². The molecule has 1 saturated carbocycles. The van der Waals surface area contributed by atoms with Crippen LogP contribution in [0.3, 0.4) is 0 Å². The molecule has 0 spiro atoms. The summed E-state index contributed by atoms with van der Waals surface area (Å²) in [4.78, 5) is 28.6. The molecule has 0 bridgehead atoms. The molecule has 2 amide bonds. The SMILES string of the molecule is Cc1ccc(CC(C)N2CC(=O)NC(C3CC3)C2=O)s1. The zero-order valence-electron chi connectivity index (χ0n) is 11.9. The molecule has 1 aromatic rings. The van der Waals surface area contributed by atoms with E-state index in [2.05, 4.69) is 24.4 Å². The van der Waals surface area contributed by atoms with E-state index in [4.69, 9.17) is 0 Å². The zero-order valence-corrected chi connectivity index (χ0v) is 12.7. The number of nitrogens with one attached hydrogen (secondary N) is 1. The normalized spacial score (nSPS) is 24.7. The Morgan fingerprint density at radius 2 is 2.15 bits per heavy atom. The Hall–Kier alpha value is -1.36. The maximum Gasteiger partial charge on any atom is 0.246 e. The molecule has 5 heteroatoms. The third-order valence-corrected chi connectivity index (χ3v) is 5.12. The second kappa shape index (κ2) is 5.20. The number of piperazine rings is 1. The Labute approximate surface area is 123 Å². The summed E-state index contributed by atoms with van der Waals surface area (Å²) in [6, 6.07) is 4.02. The first-order valence-corrected chi connectivity index (χ1v) is 8.01. The van der Waals surface area contributed by atoms with Gasteiger partial charge in [0.15, 0.2) is 0 Å². The standard InChI is InChI=1S/C15H20N2O2S/c1-9(7-12-6-3-10(2)20-12)17-8-13(18)16-14(15(17)19)11-4-5-11/h3,6,9,11,14H,4-5,7-8H2,1-2H3,(H,16,18).